The molecule has 0 aromatic heterocycles. The quantitative estimate of drug-likeness (QED) is 0.363. The molecule has 0 heterocycles. The highest BCUT2D eigenvalue weighted by molar-refractivity contribution is 4.65. The Kier molecular flexibility index (Phi) is 9.51. The van der Waals surface area contributed by atoms with Crippen LogP contribution in [0.25, 0.3) is 0 Å². The van der Waals surface area contributed by atoms with Crippen LogP contribution in [0.1, 0.15) is 51.9 Å². The smallest absolute Gasteiger partial charge is 0.0353 e. The largest absolute Gasteiger partial charge is 0.103 e. The van der Waals surface area contributed by atoms with E-state index in [-0.39, 0.29) is 0 Å². The molecular formula is C11H21. The first-order valence-corrected chi connectivity index (χ1v) is 4.80. The lowest BCUT2D eigenvalue weighted by atomic mass is 10.1. The maximum absolute atomic E-state index is 3.70. The molecule has 0 saturated carbocycles. The molecule has 0 heteroatoms. The standard InChI is InChI=1S/C11H21/c1-3-5-7-9-11-10-8-6-4-2/h3-4H,1,5-11H2,2H3. The van der Waals surface area contributed by atoms with E-state index in [9.17, 15) is 0 Å². The van der Waals surface area contributed by atoms with Crippen LogP contribution >= 0.6 is 0 Å². The molecule has 0 nitrogen and oxygen atoms in total. The fraction of sp³-hybridized carbons (Fsp3) is 0.727. The van der Waals surface area contributed by atoms with Crippen LogP contribution in [0.2, 0.25) is 0 Å². The topological polar surface area (TPSA) is 0 Å². The molecule has 0 aliphatic heterocycles. The fourth-order valence-electron chi connectivity index (χ4n) is 1.17. The molecule has 11 heavy (non-hydrogen) atoms. The highest BCUT2D eigenvalue weighted by atomic mass is 13.9. The summed E-state index contributed by atoms with van der Waals surface area (Å²) in [5, 5.41) is 0. The zero-order valence-corrected chi connectivity index (χ0v) is 7.81. The van der Waals surface area contributed by atoms with E-state index in [0.717, 1.165) is 0 Å². The van der Waals surface area contributed by atoms with Crippen LogP contribution in [0, 0.1) is 6.42 Å². The van der Waals surface area contributed by atoms with E-state index < -0.39 is 0 Å². The fourth-order valence-corrected chi connectivity index (χ4v) is 1.17. The highest BCUT2D eigenvalue weighted by Gasteiger charge is 1.88. The Morgan fingerprint density at radius 1 is 0.909 bits per heavy atom. The molecule has 0 bridgehead atoms. The van der Waals surface area contributed by atoms with Gasteiger partial charge in [0.2, 0.25) is 0 Å². The van der Waals surface area contributed by atoms with Crippen LogP contribution in [0.4, 0.5) is 0 Å². The van der Waals surface area contributed by atoms with Crippen molar-refractivity contribution in [3.63, 3.8) is 0 Å². The summed E-state index contributed by atoms with van der Waals surface area (Å²) in [4.78, 5) is 0. The van der Waals surface area contributed by atoms with Crippen molar-refractivity contribution in [1.82, 2.24) is 0 Å². The predicted molar refractivity (Wildman–Crippen MR) is 52.5 cm³/mol. The Morgan fingerprint density at radius 3 is 2.00 bits per heavy atom. The van der Waals surface area contributed by atoms with Gasteiger partial charge in [-0.2, -0.15) is 0 Å². The zero-order chi connectivity index (χ0) is 8.36. The monoisotopic (exact) mass is 153 g/mol. The van der Waals surface area contributed by atoms with Gasteiger partial charge in [-0.3, -0.25) is 0 Å². The summed E-state index contributed by atoms with van der Waals surface area (Å²) in [6.07, 6.45) is 13.7. The minimum Gasteiger partial charge on any atom is -0.103 e. The van der Waals surface area contributed by atoms with Crippen molar-refractivity contribution in [2.75, 3.05) is 0 Å². The lowest BCUT2D eigenvalue weighted by molar-refractivity contribution is 0.615. The first kappa shape index (κ1) is 10.7. The summed E-state index contributed by atoms with van der Waals surface area (Å²) in [5.74, 6) is 0. The van der Waals surface area contributed by atoms with E-state index in [2.05, 4.69) is 19.9 Å². The molecule has 0 rings (SSSR count). The van der Waals surface area contributed by atoms with Crippen molar-refractivity contribution < 1.29 is 0 Å². The lowest BCUT2D eigenvalue weighted by Gasteiger charge is -1.97. The molecule has 1 radical (unpaired) electrons. The van der Waals surface area contributed by atoms with Gasteiger partial charge >= 0.3 is 0 Å². The molecular weight excluding hydrogens is 132 g/mol. The van der Waals surface area contributed by atoms with Crippen LogP contribution in [0.15, 0.2) is 12.7 Å². The van der Waals surface area contributed by atoms with Crippen molar-refractivity contribution in [2.45, 2.75) is 51.9 Å². The van der Waals surface area contributed by atoms with Gasteiger partial charge in [0, 0.05) is 0 Å². The zero-order valence-electron chi connectivity index (χ0n) is 7.81. The lowest BCUT2D eigenvalue weighted by Crippen LogP contribution is -1.78. The van der Waals surface area contributed by atoms with Gasteiger partial charge < -0.3 is 0 Å². The second-order valence-corrected chi connectivity index (χ2v) is 3.04. The molecule has 0 fully saturated rings. The Morgan fingerprint density at radius 2 is 1.45 bits per heavy atom. The van der Waals surface area contributed by atoms with E-state index in [1.807, 2.05) is 6.08 Å². The van der Waals surface area contributed by atoms with Gasteiger partial charge in [-0.1, -0.05) is 45.1 Å². The van der Waals surface area contributed by atoms with Gasteiger partial charge in [0.15, 0.2) is 0 Å². The van der Waals surface area contributed by atoms with Gasteiger partial charge in [-0.15, -0.1) is 6.58 Å². The van der Waals surface area contributed by atoms with E-state index in [1.165, 1.54) is 44.9 Å². The van der Waals surface area contributed by atoms with E-state index in [1.54, 1.807) is 0 Å². The number of unbranched alkanes of at least 4 members (excludes halogenated alkanes) is 7. The SMILES string of the molecule is C=CCCCCCCC[CH]C. The van der Waals surface area contributed by atoms with Crippen molar-refractivity contribution >= 4 is 0 Å². The molecule has 0 saturated heterocycles. The summed E-state index contributed by atoms with van der Waals surface area (Å²) in [7, 11) is 0. The molecule has 0 aromatic carbocycles. The Balaban J connectivity index is 2.74. The number of rotatable bonds is 8. The highest BCUT2D eigenvalue weighted by Crippen LogP contribution is 2.07. The normalized spacial score (nSPS) is 9.91. The second-order valence-electron chi connectivity index (χ2n) is 3.04. The maximum Gasteiger partial charge on any atom is -0.0353 e. The molecule has 0 aromatic rings. The van der Waals surface area contributed by atoms with Gasteiger partial charge in [0.1, 0.15) is 0 Å². The van der Waals surface area contributed by atoms with Crippen LogP contribution in [-0.4, -0.2) is 0 Å². The van der Waals surface area contributed by atoms with Crippen molar-refractivity contribution in [2.24, 2.45) is 0 Å². The minimum absolute atomic E-state index is 1.19. The van der Waals surface area contributed by atoms with Gasteiger partial charge in [-0.25, -0.2) is 0 Å². The average Bonchev–Trinajstić information content (AvgIpc) is 2.03. The van der Waals surface area contributed by atoms with E-state index >= 15 is 0 Å². The third kappa shape index (κ3) is 9.74. The predicted octanol–water partition coefficient (Wildman–Crippen LogP) is 4.13. The maximum atomic E-state index is 3.70. The van der Waals surface area contributed by atoms with Gasteiger partial charge in [0.25, 0.3) is 0 Å². The van der Waals surface area contributed by atoms with Crippen LogP contribution in [0.5, 0.6) is 0 Å². The van der Waals surface area contributed by atoms with Crippen molar-refractivity contribution in [3.05, 3.63) is 19.1 Å². The van der Waals surface area contributed by atoms with Crippen LogP contribution < -0.4 is 0 Å². The number of hydrogen-bond acceptors (Lipinski definition) is 0. The molecule has 0 atom stereocenters. The third-order valence-corrected chi connectivity index (χ3v) is 1.90. The van der Waals surface area contributed by atoms with E-state index in [4.69, 9.17) is 0 Å². The molecule has 0 spiro atoms. The number of allylic oxidation sites excluding steroid dienone is 1. The third-order valence-electron chi connectivity index (χ3n) is 1.90. The molecule has 0 N–H and O–H groups in total. The van der Waals surface area contributed by atoms with Gasteiger partial charge in [-0.05, 0) is 19.3 Å². The van der Waals surface area contributed by atoms with Crippen LogP contribution in [0.3, 0.4) is 0 Å². The second kappa shape index (κ2) is 9.74. The molecule has 0 aliphatic rings. The van der Waals surface area contributed by atoms with Crippen molar-refractivity contribution in [1.29, 1.82) is 0 Å². The molecule has 0 unspecified atom stereocenters. The summed E-state index contributed by atoms with van der Waals surface area (Å²) < 4.78 is 0. The van der Waals surface area contributed by atoms with Crippen LogP contribution in [-0.2, 0) is 0 Å². The summed E-state index contributed by atoms with van der Waals surface area (Å²) in [5.41, 5.74) is 0. The summed E-state index contributed by atoms with van der Waals surface area (Å²) in [6, 6.07) is 0. The average molecular weight is 153 g/mol. The molecule has 0 amide bonds. The molecule has 65 valence electrons. The number of hydrogen-bond donors (Lipinski definition) is 0. The van der Waals surface area contributed by atoms with Gasteiger partial charge in [0.05, 0.1) is 0 Å². The Labute approximate surface area is 71.7 Å². The summed E-state index contributed by atoms with van der Waals surface area (Å²) >= 11 is 0. The Hall–Kier alpha value is -0.260. The first-order chi connectivity index (χ1) is 5.41. The minimum atomic E-state index is 1.19. The Bertz CT molecular complexity index is 74.1. The first-order valence-electron chi connectivity index (χ1n) is 4.80. The van der Waals surface area contributed by atoms with Crippen molar-refractivity contribution in [3.8, 4) is 0 Å². The molecule has 0 aliphatic carbocycles. The van der Waals surface area contributed by atoms with E-state index in [0.29, 0.717) is 0 Å². The summed E-state index contributed by atoms with van der Waals surface area (Å²) in [6.45, 7) is 5.84.